The Morgan fingerprint density at radius 1 is 1.28 bits per heavy atom. The van der Waals surface area contributed by atoms with Crippen LogP contribution in [0.2, 0.25) is 0 Å². The highest BCUT2D eigenvalue weighted by molar-refractivity contribution is 7.98. The van der Waals surface area contributed by atoms with Crippen LogP contribution >= 0.6 is 23.1 Å². The molecule has 6 heteroatoms. The van der Waals surface area contributed by atoms with E-state index in [1.807, 2.05) is 35.9 Å². The van der Waals surface area contributed by atoms with Gasteiger partial charge >= 0.3 is 0 Å². The van der Waals surface area contributed by atoms with Gasteiger partial charge < -0.3 is 14.8 Å². The average Bonchev–Trinajstić information content (AvgIpc) is 3.08. The third kappa shape index (κ3) is 5.68. The van der Waals surface area contributed by atoms with Crippen molar-refractivity contribution in [2.75, 3.05) is 20.0 Å². The first-order valence-electron chi connectivity index (χ1n) is 8.24. The second-order valence-electron chi connectivity index (χ2n) is 6.02. The minimum absolute atomic E-state index is 0.0458. The number of carbonyl (C=O) groups excluding carboxylic acids is 1. The first-order chi connectivity index (χ1) is 12.0. The smallest absolute Gasteiger partial charge is 0.262 e. The summed E-state index contributed by atoms with van der Waals surface area (Å²) in [4.78, 5) is 14.1. The maximum Gasteiger partial charge on any atom is 0.262 e. The van der Waals surface area contributed by atoms with Crippen molar-refractivity contribution < 1.29 is 14.3 Å². The predicted molar refractivity (Wildman–Crippen MR) is 105 cm³/mol. The number of ether oxygens (including phenoxy) is 2. The van der Waals surface area contributed by atoms with Crippen molar-refractivity contribution in [1.29, 1.82) is 0 Å². The predicted octanol–water partition coefficient (Wildman–Crippen LogP) is 4.83. The van der Waals surface area contributed by atoms with Gasteiger partial charge in [-0.25, -0.2) is 0 Å². The van der Waals surface area contributed by atoms with E-state index < -0.39 is 0 Å². The molecule has 25 heavy (non-hydrogen) atoms. The maximum absolute atomic E-state index is 12.3. The Bertz CT molecular complexity index is 698. The number of thiophene rings is 1. The molecule has 0 bridgehead atoms. The third-order valence-electron chi connectivity index (χ3n) is 3.69. The van der Waals surface area contributed by atoms with E-state index in [2.05, 4.69) is 19.2 Å². The minimum Gasteiger partial charge on any atom is -0.493 e. The fourth-order valence-corrected chi connectivity index (χ4v) is 3.90. The molecule has 1 aromatic carbocycles. The lowest BCUT2D eigenvalue weighted by Crippen LogP contribution is -2.22. The highest BCUT2D eigenvalue weighted by Gasteiger charge is 2.13. The summed E-state index contributed by atoms with van der Waals surface area (Å²) in [7, 11) is 1.63. The lowest BCUT2D eigenvalue weighted by molar-refractivity contribution is 0.0952. The second kappa shape index (κ2) is 9.73. The average molecular weight is 380 g/mol. The van der Waals surface area contributed by atoms with Gasteiger partial charge in [-0.05, 0) is 47.7 Å². The Labute approximate surface area is 157 Å². The molecule has 0 radical (unpaired) electrons. The van der Waals surface area contributed by atoms with Gasteiger partial charge in [0.15, 0.2) is 11.5 Å². The molecule has 2 aromatic rings. The fraction of sp³-hybridized carbons (Fsp3) is 0.421. The topological polar surface area (TPSA) is 47.6 Å². The van der Waals surface area contributed by atoms with Gasteiger partial charge in [0.2, 0.25) is 0 Å². The monoisotopic (exact) mass is 379 g/mol. The molecule has 0 aliphatic heterocycles. The summed E-state index contributed by atoms with van der Waals surface area (Å²) in [6.45, 7) is 5.46. The van der Waals surface area contributed by atoms with Crippen LogP contribution in [0.1, 0.15) is 35.5 Å². The van der Waals surface area contributed by atoms with E-state index in [-0.39, 0.29) is 5.91 Å². The van der Waals surface area contributed by atoms with Gasteiger partial charge in [0.25, 0.3) is 5.91 Å². The number of rotatable bonds is 9. The SMILES string of the molecule is COc1cc(CNC(=O)c2sccc2SC)ccc1OCCC(C)C. The molecule has 0 spiro atoms. The van der Waals surface area contributed by atoms with E-state index >= 15 is 0 Å². The lowest BCUT2D eigenvalue weighted by atomic mass is 10.1. The van der Waals surface area contributed by atoms with Crippen molar-refractivity contribution in [2.24, 2.45) is 5.92 Å². The summed E-state index contributed by atoms with van der Waals surface area (Å²) >= 11 is 3.04. The summed E-state index contributed by atoms with van der Waals surface area (Å²) in [6.07, 6.45) is 2.97. The first-order valence-corrected chi connectivity index (χ1v) is 10.3. The number of methoxy groups -OCH3 is 1. The van der Waals surface area contributed by atoms with E-state index in [9.17, 15) is 4.79 Å². The highest BCUT2D eigenvalue weighted by atomic mass is 32.2. The summed E-state index contributed by atoms with van der Waals surface area (Å²) in [5.74, 6) is 1.98. The van der Waals surface area contributed by atoms with E-state index in [0.717, 1.165) is 27.5 Å². The number of amides is 1. The van der Waals surface area contributed by atoms with Crippen LogP contribution in [0.3, 0.4) is 0 Å². The molecule has 0 saturated carbocycles. The van der Waals surface area contributed by atoms with Gasteiger partial charge in [0.1, 0.15) is 4.88 Å². The molecule has 1 amide bonds. The highest BCUT2D eigenvalue weighted by Crippen LogP contribution is 2.29. The van der Waals surface area contributed by atoms with Crippen molar-refractivity contribution in [3.8, 4) is 11.5 Å². The molecule has 0 aliphatic rings. The van der Waals surface area contributed by atoms with Crippen molar-refractivity contribution in [2.45, 2.75) is 31.7 Å². The van der Waals surface area contributed by atoms with Gasteiger partial charge in [-0.1, -0.05) is 19.9 Å². The van der Waals surface area contributed by atoms with Crippen molar-refractivity contribution in [3.63, 3.8) is 0 Å². The Morgan fingerprint density at radius 2 is 2.08 bits per heavy atom. The number of thioether (sulfide) groups is 1. The molecule has 1 aromatic heterocycles. The van der Waals surface area contributed by atoms with Gasteiger partial charge in [0, 0.05) is 11.4 Å². The van der Waals surface area contributed by atoms with E-state index in [1.54, 1.807) is 18.9 Å². The molecule has 136 valence electrons. The van der Waals surface area contributed by atoms with Crippen LogP contribution in [-0.2, 0) is 6.54 Å². The zero-order valence-corrected chi connectivity index (χ0v) is 16.8. The van der Waals surface area contributed by atoms with E-state index in [4.69, 9.17) is 9.47 Å². The zero-order chi connectivity index (χ0) is 18.2. The third-order valence-corrected chi connectivity index (χ3v) is 5.51. The lowest BCUT2D eigenvalue weighted by Gasteiger charge is -2.13. The quantitative estimate of drug-likeness (QED) is 0.634. The van der Waals surface area contributed by atoms with Crippen LogP contribution in [0.15, 0.2) is 34.5 Å². The number of hydrogen-bond acceptors (Lipinski definition) is 5. The van der Waals surface area contributed by atoms with Gasteiger partial charge in [0.05, 0.1) is 13.7 Å². The molecule has 1 heterocycles. The first kappa shape index (κ1) is 19.7. The van der Waals surface area contributed by atoms with Crippen molar-refractivity contribution in [3.05, 3.63) is 40.1 Å². The summed E-state index contributed by atoms with van der Waals surface area (Å²) in [5, 5.41) is 4.90. The summed E-state index contributed by atoms with van der Waals surface area (Å²) < 4.78 is 11.2. The molecule has 4 nitrogen and oxygen atoms in total. The summed E-state index contributed by atoms with van der Waals surface area (Å²) in [5.41, 5.74) is 0.976. The van der Waals surface area contributed by atoms with Crippen LogP contribution in [0.5, 0.6) is 11.5 Å². The van der Waals surface area contributed by atoms with Gasteiger partial charge in [-0.3, -0.25) is 4.79 Å². The maximum atomic E-state index is 12.3. The molecular weight excluding hydrogens is 354 g/mol. The largest absolute Gasteiger partial charge is 0.493 e. The molecule has 0 atom stereocenters. The molecule has 0 saturated heterocycles. The minimum atomic E-state index is -0.0458. The Kier molecular flexibility index (Phi) is 7.65. The van der Waals surface area contributed by atoms with Gasteiger partial charge in [-0.2, -0.15) is 0 Å². The number of hydrogen-bond donors (Lipinski definition) is 1. The molecule has 0 unspecified atom stereocenters. The Morgan fingerprint density at radius 3 is 2.76 bits per heavy atom. The van der Waals surface area contributed by atoms with Crippen LogP contribution in [-0.4, -0.2) is 25.9 Å². The Hall–Kier alpha value is -1.66. The standard InChI is InChI=1S/C19H25NO3S2/c1-13(2)7-9-23-15-6-5-14(11-16(15)22-3)12-20-19(21)18-17(24-4)8-10-25-18/h5-6,8,10-11,13H,7,9,12H2,1-4H3,(H,20,21). The fourth-order valence-electron chi connectivity index (χ4n) is 2.23. The molecular formula is C19H25NO3S2. The van der Waals surface area contributed by atoms with Gasteiger partial charge in [-0.15, -0.1) is 23.1 Å². The molecule has 0 fully saturated rings. The zero-order valence-electron chi connectivity index (χ0n) is 15.1. The number of carbonyl (C=O) groups is 1. The second-order valence-corrected chi connectivity index (χ2v) is 7.78. The van der Waals surface area contributed by atoms with Crippen LogP contribution in [0, 0.1) is 5.92 Å². The summed E-state index contributed by atoms with van der Waals surface area (Å²) in [6, 6.07) is 7.74. The normalized spacial score (nSPS) is 10.8. The molecule has 2 rings (SSSR count). The van der Waals surface area contributed by atoms with Crippen molar-refractivity contribution >= 4 is 29.0 Å². The molecule has 0 aliphatic carbocycles. The number of nitrogens with one attached hydrogen (secondary N) is 1. The van der Waals surface area contributed by atoms with E-state index in [0.29, 0.717) is 24.8 Å². The number of benzene rings is 1. The van der Waals surface area contributed by atoms with Crippen molar-refractivity contribution in [1.82, 2.24) is 5.32 Å². The Balaban J connectivity index is 1.97. The van der Waals surface area contributed by atoms with Crippen LogP contribution in [0.25, 0.3) is 0 Å². The van der Waals surface area contributed by atoms with Crippen LogP contribution < -0.4 is 14.8 Å². The van der Waals surface area contributed by atoms with Crippen LogP contribution in [0.4, 0.5) is 0 Å². The van der Waals surface area contributed by atoms with E-state index in [1.165, 1.54) is 11.3 Å². The molecule has 1 N–H and O–H groups in total.